The second-order valence-electron chi connectivity index (χ2n) is 7.72. The molecule has 0 aromatic rings. The van der Waals surface area contributed by atoms with Crippen LogP contribution in [0.2, 0.25) is 0 Å². The van der Waals surface area contributed by atoms with Crippen molar-refractivity contribution in [2.75, 3.05) is 6.61 Å². The van der Waals surface area contributed by atoms with E-state index in [1.165, 1.54) is 70.6 Å². The highest BCUT2D eigenvalue weighted by Gasteiger charge is 2.42. The number of nitrogens with one attached hydrogen (secondary N) is 1. The molecule has 2 heteroatoms. The Morgan fingerprint density at radius 3 is 2.26 bits per heavy atom. The SMILES string of the molecule is C1CCC2(C1)CCC(NC1CCOC1C1CC1)CC2. The molecule has 0 aromatic carbocycles. The minimum atomic E-state index is 0.558. The summed E-state index contributed by atoms with van der Waals surface area (Å²) in [5.74, 6) is 0.893. The molecular weight excluding hydrogens is 234 g/mol. The van der Waals surface area contributed by atoms with Crippen LogP contribution in [0, 0.1) is 11.3 Å². The largest absolute Gasteiger partial charge is 0.376 e. The summed E-state index contributed by atoms with van der Waals surface area (Å²) in [6, 6.07) is 1.47. The van der Waals surface area contributed by atoms with Crippen molar-refractivity contribution in [2.45, 2.75) is 88.8 Å². The summed E-state index contributed by atoms with van der Waals surface area (Å²) in [5, 5.41) is 3.97. The van der Waals surface area contributed by atoms with Crippen LogP contribution >= 0.6 is 0 Å². The molecule has 1 saturated heterocycles. The van der Waals surface area contributed by atoms with E-state index in [2.05, 4.69) is 5.32 Å². The molecule has 1 aliphatic heterocycles. The maximum absolute atomic E-state index is 5.96. The highest BCUT2D eigenvalue weighted by atomic mass is 16.5. The molecule has 4 aliphatic rings. The predicted molar refractivity (Wildman–Crippen MR) is 77.2 cm³/mol. The molecule has 2 nitrogen and oxygen atoms in total. The van der Waals surface area contributed by atoms with E-state index in [1.54, 1.807) is 0 Å². The van der Waals surface area contributed by atoms with Gasteiger partial charge in [0.2, 0.25) is 0 Å². The molecule has 0 aromatic heterocycles. The van der Waals surface area contributed by atoms with Crippen LogP contribution in [-0.2, 0) is 4.74 Å². The molecule has 4 rings (SSSR count). The maximum atomic E-state index is 5.96. The van der Waals surface area contributed by atoms with E-state index in [-0.39, 0.29) is 0 Å². The van der Waals surface area contributed by atoms with E-state index in [9.17, 15) is 0 Å². The monoisotopic (exact) mass is 263 g/mol. The van der Waals surface area contributed by atoms with Gasteiger partial charge in [-0.15, -0.1) is 0 Å². The van der Waals surface area contributed by atoms with Gasteiger partial charge in [0.15, 0.2) is 0 Å². The van der Waals surface area contributed by atoms with Crippen molar-refractivity contribution >= 4 is 0 Å². The smallest absolute Gasteiger partial charge is 0.0757 e. The summed E-state index contributed by atoms with van der Waals surface area (Å²) >= 11 is 0. The quantitative estimate of drug-likeness (QED) is 0.839. The number of ether oxygens (including phenoxy) is 1. The van der Waals surface area contributed by atoms with E-state index >= 15 is 0 Å². The van der Waals surface area contributed by atoms with Gasteiger partial charge in [-0.2, -0.15) is 0 Å². The summed E-state index contributed by atoms with van der Waals surface area (Å²) in [4.78, 5) is 0. The van der Waals surface area contributed by atoms with E-state index in [0.717, 1.165) is 24.0 Å². The molecule has 1 heterocycles. The maximum Gasteiger partial charge on any atom is 0.0757 e. The highest BCUT2D eigenvalue weighted by Crippen LogP contribution is 2.49. The van der Waals surface area contributed by atoms with Gasteiger partial charge in [-0.3, -0.25) is 0 Å². The third-order valence-corrected chi connectivity index (χ3v) is 6.38. The molecule has 0 radical (unpaired) electrons. The second kappa shape index (κ2) is 5.04. The number of hydrogen-bond acceptors (Lipinski definition) is 2. The van der Waals surface area contributed by atoms with Crippen LogP contribution in [0.15, 0.2) is 0 Å². The van der Waals surface area contributed by atoms with Crippen molar-refractivity contribution in [3.8, 4) is 0 Å². The van der Waals surface area contributed by atoms with Gasteiger partial charge in [-0.05, 0) is 69.1 Å². The van der Waals surface area contributed by atoms with Gasteiger partial charge in [0.25, 0.3) is 0 Å². The lowest BCUT2D eigenvalue weighted by atomic mass is 9.71. The van der Waals surface area contributed by atoms with Gasteiger partial charge in [0.05, 0.1) is 6.10 Å². The van der Waals surface area contributed by atoms with Crippen LogP contribution in [-0.4, -0.2) is 24.8 Å². The van der Waals surface area contributed by atoms with Gasteiger partial charge in [0, 0.05) is 18.7 Å². The van der Waals surface area contributed by atoms with Crippen molar-refractivity contribution in [1.29, 1.82) is 0 Å². The number of hydrogen-bond donors (Lipinski definition) is 1. The topological polar surface area (TPSA) is 21.3 Å². The molecule has 3 saturated carbocycles. The zero-order chi connectivity index (χ0) is 12.7. The zero-order valence-electron chi connectivity index (χ0n) is 12.2. The van der Waals surface area contributed by atoms with Crippen LogP contribution in [0.1, 0.15) is 70.6 Å². The molecule has 2 unspecified atom stereocenters. The minimum absolute atomic E-state index is 0.558. The fourth-order valence-corrected chi connectivity index (χ4v) is 5.00. The first kappa shape index (κ1) is 12.6. The lowest BCUT2D eigenvalue weighted by Crippen LogP contribution is -2.46. The molecule has 3 aliphatic carbocycles. The van der Waals surface area contributed by atoms with Crippen LogP contribution in [0.25, 0.3) is 0 Å². The van der Waals surface area contributed by atoms with Crippen molar-refractivity contribution in [2.24, 2.45) is 11.3 Å². The Balaban J connectivity index is 1.29. The Labute approximate surface area is 117 Å². The van der Waals surface area contributed by atoms with Crippen LogP contribution in [0.3, 0.4) is 0 Å². The average molecular weight is 263 g/mol. The van der Waals surface area contributed by atoms with Crippen LogP contribution in [0.5, 0.6) is 0 Å². The summed E-state index contributed by atoms with van der Waals surface area (Å²) in [6.07, 6.45) is 16.5. The van der Waals surface area contributed by atoms with Gasteiger partial charge in [-0.1, -0.05) is 12.8 Å². The first-order valence-electron chi connectivity index (χ1n) is 8.72. The van der Waals surface area contributed by atoms with Crippen molar-refractivity contribution in [3.63, 3.8) is 0 Å². The van der Waals surface area contributed by atoms with E-state index in [0.29, 0.717) is 12.1 Å². The molecule has 2 atom stereocenters. The van der Waals surface area contributed by atoms with Crippen LogP contribution < -0.4 is 5.32 Å². The summed E-state index contributed by atoms with van der Waals surface area (Å²) in [7, 11) is 0. The second-order valence-corrected chi connectivity index (χ2v) is 7.72. The molecule has 0 amide bonds. The third-order valence-electron chi connectivity index (χ3n) is 6.38. The Hall–Kier alpha value is -0.0800. The Bertz CT molecular complexity index is 309. The summed E-state index contributed by atoms with van der Waals surface area (Å²) < 4.78 is 5.96. The van der Waals surface area contributed by atoms with Gasteiger partial charge in [-0.25, -0.2) is 0 Å². The molecule has 1 N–H and O–H groups in total. The fraction of sp³-hybridized carbons (Fsp3) is 1.00. The molecule has 1 spiro atoms. The van der Waals surface area contributed by atoms with E-state index < -0.39 is 0 Å². The zero-order valence-corrected chi connectivity index (χ0v) is 12.2. The normalized spacial score (nSPS) is 39.2. The lowest BCUT2D eigenvalue weighted by molar-refractivity contribution is 0.0741. The van der Waals surface area contributed by atoms with Gasteiger partial charge >= 0.3 is 0 Å². The third kappa shape index (κ3) is 2.58. The molecule has 4 fully saturated rings. The van der Waals surface area contributed by atoms with Crippen molar-refractivity contribution < 1.29 is 4.74 Å². The number of rotatable bonds is 3. The molecular formula is C17H29NO. The van der Waals surface area contributed by atoms with E-state index in [4.69, 9.17) is 4.74 Å². The lowest BCUT2D eigenvalue weighted by Gasteiger charge is -2.39. The Morgan fingerprint density at radius 2 is 1.58 bits per heavy atom. The van der Waals surface area contributed by atoms with Gasteiger partial charge in [0.1, 0.15) is 0 Å². The van der Waals surface area contributed by atoms with Gasteiger partial charge < -0.3 is 10.1 Å². The fourth-order valence-electron chi connectivity index (χ4n) is 5.00. The molecule has 0 bridgehead atoms. The first-order chi connectivity index (χ1) is 9.35. The molecule has 19 heavy (non-hydrogen) atoms. The van der Waals surface area contributed by atoms with Crippen LogP contribution in [0.4, 0.5) is 0 Å². The first-order valence-corrected chi connectivity index (χ1v) is 8.72. The highest BCUT2D eigenvalue weighted by molar-refractivity contribution is 4.97. The standard InChI is InChI=1S/C17H29NO/c1-2-9-17(8-1)10-5-14(6-11-17)18-15-7-12-19-16(15)13-3-4-13/h13-16,18H,1-12H2. The Kier molecular flexibility index (Phi) is 3.35. The van der Waals surface area contributed by atoms with Crippen molar-refractivity contribution in [1.82, 2.24) is 5.32 Å². The Morgan fingerprint density at radius 1 is 0.842 bits per heavy atom. The average Bonchev–Trinajstić information content (AvgIpc) is 3.00. The molecule has 108 valence electrons. The minimum Gasteiger partial charge on any atom is -0.376 e. The predicted octanol–water partition coefficient (Wildman–Crippen LogP) is 3.65. The summed E-state index contributed by atoms with van der Waals surface area (Å²) in [5.41, 5.74) is 0.778. The van der Waals surface area contributed by atoms with Crippen molar-refractivity contribution in [3.05, 3.63) is 0 Å². The summed E-state index contributed by atoms with van der Waals surface area (Å²) in [6.45, 7) is 0.996. The van der Waals surface area contributed by atoms with E-state index in [1.807, 2.05) is 0 Å².